The molecule has 2 rings (SSSR count). The van der Waals surface area contributed by atoms with E-state index in [1.54, 1.807) is 6.33 Å². The minimum Gasteiger partial charge on any atom is -0.313 e. The molecule has 0 aliphatic heterocycles. The molecule has 1 aromatic carbocycles. The van der Waals surface area contributed by atoms with Crippen molar-refractivity contribution < 1.29 is 0 Å². The van der Waals surface area contributed by atoms with Crippen LogP contribution in [0.1, 0.15) is 22.5 Å². The van der Waals surface area contributed by atoms with Crippen LogP contribution in [0.4, 0.5) is 0 Å². The molecule has 0 aliphatic carbocycles. The van der Waals surface area contributed by atoms with Gasteiger partial charge in [-0.3, -0.25) is 0 Å². The van der Waals surface area contributed by atoms with E-state index in [9.17, 15) is 0 Å². The summed E-state index contributed by atoms with van der Waals surface area (Å²) in [6, 6.07) is 6.49. The normalized spacial score (nSPS) is 10.8. The highest BCUT2D eigenvalue weighted by Crippen LogP contribution is 2.10. The summed E-state index contributed by atoms with van der Waals surface area (Å²) >= 11 is 0. The molecular weight excluding hydrogens is 212 g/mol. The molecule has 4 heteroatoms. The van der Waals surface area contributed by atoms with Gasteiger partial charge in [-0.15, -0.1) is 0 Å². The van der Waals surface area contributed by atoms with Crippen molar-refractivity contribution in [2.45, 2.75) is 26.9 Å². The molecule has 0 saturated heterocycles. The molecule has 90 valence electrons. The second kappa shape index (κ2) is 5.10. The van der Waals surface area contributed by atoms with Crippen LogP contribution in [0.2, 0.25) is 0 Å². The summed E-state index contributed by atoms with van der Waals surface area (Å²) in [6.45, 7) is 5.74. The lowest BCUT2D eigenvalue weighted by Crippen LogP contribution is -2.08. The fourth-order valence-electron chi connectivity index (χ4n) is 1.74. The molecule has 0 atom stereocenters. The van der Waals surface area contributed by atoms with Crippen molar-refractivity contribution in [2.24, 2.45) is 0 Å². The Morgan fingerprint density at radius 2 is 2.06 bits per heavy atom. The van der Waals surface area contributed by atoms with Crippen LogP contribution >= 0.6 is 0 Å². The molecule has 0 aliphatic rings. The maximum absolute atomic E-state index is 4.39. The highest BCUT2D eigenvalue weighted by Gasteiger charge is 2.01. The Hall–Kier alpha value is -1.68. The summed E-state index contributed by atoms with van der Waals surface area (Å²) in [6.07, 6.45) is 1.78. The summed E-state index contributed by atoms with van der Waals surface area (Å²) in [5, 5.41) is 7.43. The predicted molar refractivity (Wildman–Crippen MR) is 67.8 cm³/mol. The molecule has 1 N–H and O–H groups in total. The first-order valence-electron chi connectivity index (χ1n) is 5.78. The van der Waals surface area contributed by atoms with Gasteiger partial charge in [0.05, 0.1) is 13.1 Å². The number of hydrogen-bond acceptors (Lipinski definition) is 3. The van der Waals surface area contributed by atoms with Gasteiger partial charge < -0.3 is 5.32 Å². The molecule has 4 nitrogen and oxygen atoms in total. The first-order chi connectivity index (χ1) is 8.19. The van der Waals surface area contributed by atoms with E-state index in [0.29, 0.717) is 6.54 Å². The minimum atomic E-state index is 0.708. The fraction of sp³-hybridized carbons (Fsp3) is 0.385. The molecular formula is C13H18N4. The van der Waals surface area contributed by atoms with Crippen molar-refractivity contribution >= 4 is 0 Å². The Morgan fingerprint density at radius 1 is 1.24 bits per heavy atom. The minimum absolute atomic E-state index is 0.708. The zero-order chi connectivity index (χ0) is 12.3. The zero-order valence-electron chi connectivity index (χ0n) is 10.6. The lowest BCUT2D eigenvalue weighted by atomic mass is 10.1. The van der Waals surface area contributed by atoms with Crippen LogP contribution in [0, 0.1) is 13.8 Å². The van der Waals surface area contributed by atoms with E-state index < -0.39 is 0 Å². The average Bonchev–Trinajstić information content (AvgIpc) is 2.72. The van der Waals surface area contributed by atoms with Crippen molar-refractivity contribution in [1.29, 1.82) is 0 Å². The third-order valence-electron chi connectivity index (χ3n) is 2.83. The molecule has 0 unspecified atom stereocenters. The molecule has 0 spiro atoms. The molecule has 1 heterocycles. The zero-order valence-corrected chi connectivity index (χ0v) is 10.6. The van der Waals surface area contributed by atoms with Crippen molar-refractivity contribution in [2.75, 3.05) is 7.05 Å². The van der Waals surface area contributed by atoms with Crippen molar-refractivity contribution in [1.82, 2.24) is 20.1 Å². The maximum atomic E-state index is 4.39. The largest absolute Gasteiger partial charge is 0.313 e. The Labute approximate surface area is 102 Å². The molecule has 0 radical (unpaired) electrons. The average molecular weight is 230 g/mol. The lowest BCUT2D eigenvalue weighted by Gasteiger charge is -2.05. The Balaban J connectivity index is 2.11. The van der Waals surface area contributed by atoms with Crippen LogP contribution in [-0.2, 0) is 13.1 Å². The van der Waals surface area contributed by atoms with Gasteiger partial charge in [0.1, 0.15) is 6.33 Å². The van der Waals surface area contributed by atoms with Crippen LogP contribution in [0.25, 0.3) is 0 Å². The monoisotopic (exact) mass is 230 g/mol. The second-order valence-corrected chi connectivity index (χ2v) is 4.31. The van der Waals surface area contributed by atoms with Crippen molar-refractivity contribution in [3.8, 4) is 0 Å². The van der Waals surface area contributed by atoms with Gasteiger partial charge in [-0.25, -0.2) is 9.67 Å². The van der Waals surface area contributed by atoms with Crippen molar-refractivity contribution in [3.05, 3.63) is 47.0 Å². The van der Waals surface area contributed by atoms with Crippen LogP contribution in [0.3, 0.4) is 0 Å². The van der Waals surface area contributed by atoms with Crippen molar-refractivity contribution in [3.63, 3.8) is 0 Å². The molecule has 17 heavy (non-hydrogen) atoms. The van der Waals surface area contributed by atoms with E-state index in [0.717, 1.165) is 12.4 Å². The number of benzene rings is 1. The van der Waals surface area contributed by atoms with Gasteiger partial charge in [-0.1, -0.05) is 18.2 Å². The van der Waals surface area contributed by atoms with Gasteiger partial charge in [-0.2, -0.15) is 5.10 Å². The van der Waals surface area contributed by atoms with Crippen LogP contribution < -0.4 is 5.32 Å². The number of aryl methyl sites for hydroxylation is 2. The SMILES string of the molecule is CNCc1ncn(Cc2ccc(C)c(C)c2)n1. The van der Waals surface area contributed by atoms with Crippen LogP contribution in [0.15, 0.2) is 24.5 Å². The molecule has 0 saturated carbocycles. The quantitative estimate of drug-likeness (QED) is 0.868. The smallest absolute Gasteiger partial charge is 0.164 e. The third-order valence-corrected chi connectivity index (χ3v) is 2.83. The number of nitrogens with zero attached hydrogens (tertiary/aromatic N) is 3. The van der Waals surface area contributed by atoms with Gasteiger partial charge in [0.2, 0.25) is 0 Å². The molecule has 0 amide bonds. The van der Waals surface area contributed by atoms with Crippen LogP contribution in [-0.4, -0.2) is 21.8 Å². The highest BCUT2D eigenvalue weighted by molar-refractivity contribution is 5.29. The molecule has 1 aromatic heterocycles. The van der Waals surface area contributed by atoms with E-state index >= 15 is 0 Å². The van der Waals surface area contributed by atoms with Gasteiger partial charge in [0.15, 0.2) is 5.82 Å². The molecule has 0 bridgehead atoms. The summed E-state index contributed by atoms with van der Waals surface area (Å²) in [7, 11) is 1.89. The van der Waals surface area contributed by atoms with Gasteiger partial charge in [0, 0.05) is 0 Å². The lowest BCUT2D eigenvalue weighted by molar-refractivity contribution is 0.658. The first kappa shape index (κ1) is 11.8. The van der Waals surface area contributed by atoms with Gasteiger partial charge in [0.25, 0.3) is 0 Å². The van der Waals surface area contributed by atoms with E-state index in [4.69, 9.17) is 0 Å². The Morgan fingerprint density at radius 3 is 2.76 bits per heavy atom. The van der Waals surface area contributed by atoms with E-state index in [1.165, 1.54) is 16.7 Å². The topological polar surface area (TPSA) is 42.7 Å². The highest BCUT2D eigenvalue weighted by atomic mass is 15.3. The second-order valence-electron chi connectivity index (χ2n) is 4.31. The number of nitrogens with one attached hydrogen (secondary N) is 1. The van der Waals surface area contributed by atoms with E-state index in [-0.39, 0.29) is 0 Å². The van der Waals surface area contributed by atoms with E-state index in [1.807, 2.05) is 11.7 Å². The van der Waals surface area contributed by atoms with E-state index in [2.05, 4.69) is 47.4 Å². The molecule has 2 aromatic rings. The standard InChI is InChI=1S/C13H18N4/c1-10-4-5-12(6-11(10)2)8-17-9-15-13(16-17)7-14-3/h4-6,9,14H,7-8H2,1-3H3. The van der Waals surface area contributed by atoms with Crippen LogP contribution in [0.5, 0.6) is 0 Å². The first-order valence-corrected chi connectivity index (χ1v) is 5.78. The third kappa shape index (κ3) is 2.91. The number of aromatic nitrogens is 3. The maximum Gasteiger partial charge on any atom is 0.164 e. The Kier molecular flexibility index (Phi) is 3.54. The fourth-order valence-corrected chi connectivity index (χ4v) is 1.74. The molecule has 0 fully saturated rings. The predicted octanol–water partition coefficient (Wildman–Crippen LogP) is 1.66. The summed E-state index contributed by atoms with van der Waals surface area (Å²) < 4.78 is 1.87. The Bertz CT molecular complexity index is 502. The summed E-state index contributed by atoms with van der Waals surface area (Å²) in [5.74, 6) is 0.830. The summed E-state index contributed by atoms with van der Waals surface area (Å²) in [4.78, 5) is 4.23. The summed E-state index contributed by atoms with van der Waals surface area (Å²) in [5.41, 5.74) is 3.90. The van der Waals surface area contributed by atoms with Gasteiger partial charge >= 0.3 is 0 Å². The van der Waals surface area contributed by atoms with Gasteiger partial charge in [-0.05, 0) is 37.6 Å². The number of rotatable bonds is 4. The number of hydrogen-bond donors (Lipinski definition) is 1.